The molecule has 2 atom stereocenters. The van der Waals surface area contributed by atoms with E-state index in [0.717, 1.165) is 42.0 Å². The Morgan fingerprint density at radius 1 is 1.00 bits per heavy atom. The number of aromatic nitrogens is 3. The molecule has 5 heteroatoms. The minimum absolute atomic E-state index is 0.240. The third-order valence-corrected chi connectivity index (χ3v) is 5.48. The van der Waals surface area contributed by atoms with Crippen molar-refractivity contribution in [3.05, 3.63) is 88.2 Å². The Morgan fingerprint density at radius 2 is 1.81 bits per heavy atom. The van der Waals surface area contributed by atoms with Crippen LogP contribution in [0.15, 0.2) is 54.9 Å². The van der Waals surface area contributed by atoms with E-state index in [0.29, 0.717) is 11.4 Å². The van der Waals surface area contributed by atoms with Gasteiger partial charge in [0.25, 0.3) is 0 Å². The summed E-state index contributed by atoms with van der Waals surface area (Å²) in [6, 6.07) is 14.6. The third-order valence-electron chi connectivity index (χ3n) is 5.14. The maximum Gasteiger partial charge on any atom is 0.0649 e. The molecule has 4 heterocycles. The van der Waals surface area contributed by atoms with Gasteiger partial charge in [-0.1, -0.05) is 23.7 Å². The smallest absolute Gasteiger partial charge is 0.0649 e. The van der Waals surface area contributed by atoms with Gasteiger partial charge in [0.15, 0.2) is 0 Å². The summed E-state index contributed by atoms with van der Waals surface area (Å²) >= 11 is 6.25. The third kappa shape index (κ3) is 4.18. The van der Waals surface area contributed by atoms with Crippen LogP contribution < -0.4 is 5.32 Å². The lowest BCUT2D eigenvalue weighted by atomic mass is 9.92. The minimum atomic E-state index is 0.240. The Labute approximate surface area is 165 Å². The summed E-state index contributed by atoms with van der Waals surface area (Å²) < 4.78 is 0. The molecule has 27 heavy (non-hydrogen) atoms. The summed E-state index contributed by atoms with van der Waals surface area (Å²) in [5.41, 5.74) is 5.33. The molecule has 0 unspecified atom stereocenters. The molecule has 0 radical (unpaired) electrons. The van der Waals surface area contributed by atoms with Crippen molar-refractivity contribution in [2.24, 2.45) is 0 Å². The van der Waals surface area contributed by atoms with E-state index >= 15 is 0 Å². The lowest BCUT2D eigenvalue weighted by Gasteiger charge is -2.31. The van der Waals surface area contributed by atoms with Gasteiger partial charge in [-0.15, -0.1) is 0 Å². The highest BCUT2D eigenvalue weighted by Gasteiger charge is 2.26. The molecule has 4 rings (SSSR count). The lowest BCUT2D eigenvalue weighted by molar-refractivity contribution is 0.320. The first-order valence-corrected chi connectivity index (χ1v) is 9.81. The minimum Gasteiger partial charge on any atom is -0.300 e. The summed E-state index contributed by atoms with van der Waals surface area (Å²) in [6.07, 6.45) is 7.65. The Bertz CT molecular complexity index is 927. The van der Waals surface area contributed by atoms with Crippen molar-refractivity contribution < 1.29 is 0 Å². The van der Waals surface area contributed by atoms with Crippen molar-refractivity contribution in [2.45, 2.75) is 44.7 Å². The average Bonchev–Trinajstić information content (AvgIpc) is 2.70. The molecule has 0 aromatic carbocycles. The number of hydrogen-bond acceptors (Lipinski definition) is 4. The van der Waals surface area contributed by atoms with Crippen molar-refractivity contribution in [2.75, 3.05) is 0 Å². The number of halogens is 1. The highest BCUT2D eigenvalue weighted by molar-refractivity contribution is 6.31. The average molecular weight is 379 g/mol. The predicted molar refractivity (Wildman–Crippen MR) is 108 cm³/mol. The van der Waals surface area contributed by atoms with Gasteiger partial charge in [0.2, 0.25) is 0 Å². The van der Waals surface area contributed by atoms with Crippen LogP contribution in [-0.2, 0) is 6.42 Å². The molecule has 0 aliphatic carbocycles. The maximum atomic E-state index is 6.25. The zero-order valence-electron chi connectivity index (χ0n) is 15.4. The first-order chi connectivity index (χ1) is 13.2. The number of pyridine rings is 3. The fourth-order valence-electron chi connectivity index (χ4n) is 3.76. The van der Waals surface area contributed by atoms with Crippen LogP contribution in [0, 0.1) is 6.92 Å². The van der Waals surface area contributed by atoms with E-state index in [1.54, 1.807) is 6.20 Å². The first-order valence-electron chi connectivity index (χ1n) is 9.43. The molecule has 0 saturated carbocycles. The first kappa shape index (κ1) is 18.1. The second-order valence-corrected chi connectivity index (χ2v) is 7.48. The standard InChI is InChI=1S/C22H23ClN4/c1-15-6-4-13-25-22(15)20-11-3-10-19(27-20)18-9-2-7-16(26-18)14-21-17(23)8-5-12-24-21/h2,4-9,12-13,19-20,27H,3,10-11,14H2,1H3/t19-,20+/m1/s1. The van der Waals surface area contributed by atoms with Crippen LogP contribution in [-0.4, -0.2) is 15.0 Å². The van der Waals surface area contributed by atoms with Crippen LogP contribution in [0.3, 0.4) is 0 Å². The topological polar surface area (TPSA) is 50.7 Å². The molecular weight excluding hydrogens is 356 g/mol. The molecule has 1 aliphatic rings. The number of piperidine rings is 1. The van der Waals surface area contributed by atoms with Gasteiger partial charge in [-0.2, -0.15) is 0 Å². The number of aryl methyl sites for hydroxylation is 1. The quantitative estimate of drug-likeness (QED) is 0.695. The van der Waals surface area contributed by atoms with Gasteiger partial charge in [0.1, 0.15) is 0 Å². The van der Waals surface area contributed by atoms with E-state index < -0.39 is 0 Å². The Morgan fingerprint density at radius 3 is 2.67 bits per heavy atom. The van der Waals surface area contributed by atoms with Crippen LogP contribution in [0.5, 0.6) is 0 Å². The Hall–Kier alpha value is -2.30. The molecule has 1 N–H and O–H groups in total. The van der Waals surface area contributed by atoms with E-state index in [2.05, 4.69) is 40.4 Å². The highest BCUT2D eigenvalue weighted by atomic mass is 35.5. The fourth-order valence-corrected chi connectivity index (χ4v) is 3.95. The number of rotatable bonds is 4. The molecule has 1 saturated heterocycles. The summed E-state index contributed by atoms with van der Waals surface area (Å²) in [5.74, 6) is 0. The SMILES string of the molecule is Cc1cccnc1[C@@H]1CCC[C@H](c2cccc(Cc3ncccc3Cl)n2)N1. The molecule has 3 aromatic rings. The molecular formula is C22H23ClN4. The zero-order chi connectivity index (χ0) is 18.6. The van der Waals surface area contributed by atoms with Crippen molar-refractivity contribution in [3.63, 3.8) is 0 Å². The van der Waals surface area contributed by atoms with E-state index in [1.807, 2.05) is 30.5 Å². The number of hydrogen-bond donors (Lipinski definition) is 1. The summed E-state index contributed by atoms with van der Waals surface area (Å²) in [7, 11) is 0. The summed E-state index contributed by atoms with van der Waals surface area (Å²) in [5, 5.41) is 4.45. The molecule has 1 aliphatic heterocycles. The largest absolute Gasteiger partial charge is 0.300 e. The van der Waals surface area contributed by atoms with Crippen molar-refractivity contribution >= 4 is 11.6 Å². The van der Waals surface area contributed by atoms with Crippen molar-refractivity contribution in [1.82, 2.24) is 20.3 Å². The maximum absolute atomic E-state index is 6.25. The normalized spacial score (nSPS) is 19.8. The second kappa shape index (κ2) is 8.15. The van der Waals surface area contributed by atoms with E-state index in [9.17, 15) is 0 Å². The monoisotopic (exact) mass is 378 g/mol. The van der Waals surface area contributed by atoms with Gasteiger partial charge in [-0.25, -0.2) is 0 Å². The molecule has 0 amide bonds. The van der Waals surface area contributed by atoms with E-state index in [4.69, 9.17) is 16.6 Å². The van der Waals surface area contributed by atoms with Gasteiger partial charge >= 0.3 is 0 Å². The van der Waals surface area contributed by atoms with Gasteiger partial charge < -0.3 is 5.32 Å². The van der Waals surface area contributed by atoms with Gasteiger partial charge in [-0.3, -0.25) is 15.0 Å². The molecule has 0 bridgehead atoms. The lowest BCUT2D eigenvalue weighted by Crippen LogP contribution is -2.32. The van der Waals surface area contributed by atoms with Crippen LogP contribution in [0.2, 0.25) is 5.02 Å². The molecule has 3 aromatic heterocycles. The second-order valence-electron chi connectivity index (χ2n) is 7.07. The van der Waals surface area contributed by atoms with Crippen LogP contribution in [0.25, 0.3) is 0 Å². The molecule has 1 fully saturated rings. The summed E-state index contributed by atoms with van der Waals surface area (Å²) in [6.45, 7) is 2.13. The Kier molecular flexibility index (Phi) is 5.46. The number of nitrogens with zero attached hydrogens (tertiary/aromatic N) is 3. The molecule has 138 valence electrons. The van der Waals surface area contributed by atoms with Crippen molar-refractivity contribution in [1.29, 1.82) is 0 Å². The molecule has 0 spiro atoms. The summed E-state index contributed by atoms with van der Waals surface area (Å²) in [4.78, 5) is 13.9. The van der Waals surface area contributed by atoms with Crippen LogP contribution in [0.4, 0.5) is 0 Å². The van der Waals surface area contributed by atoms with Gasteiger partial charge in [-0.05, 0) is 62.1 Å². The number of nitrogens with one attached hydrogen (secondary N) is 1. The van der Waals surface area contributed by atoms with Crippen LogP contribution in [0.1, 0.15) is 59.7 Å². The predicted octanol–water partition coefficient (Wildman–Crippen LogP) is 4.98. The Balaban J connectivity index is 1.53. The fraction of sp³-hybridized carbons (Fsp3) is 0.318. The zero-order valence-corrected chi connectivity index (χ0v) is 16.2. The van der Waals surface area contributed by atoms with Crippen molar-refractivity contribution in [3.8, 4) is 0 Å². The molecule has 4 nitrogen and oxygen atoms in total. The van der Waals surface area contributed by atoms with E-state index in [-0.39, 0.29) is 12.1 Å². The van der Waals surface area contributed by atoms with Gasteiger partial charge in [0, 0.05) is 30.6 Å². The van der Waals surface area contributed by atoms with Gasteiger partial charge in [0.05, 0.1) is 28.1 Å². The highest BCUT2D eigenvalue weighted by Crippen LogP contribution is 2.32. The van der Waals surface area contributed by atoms with E-state index in [1.165, 1.54) is 5.56 Å². The van der Waals surface area contributed by atoms with Crippen LogP contribution >= 0.6 is 11.6 Å².